The SMILES string of the molecule is CC.CCN1CCC(NCc2ccc3c(c2)cc(C#CCNc2ccc(C(C)(C)C#N)nc2)n3CC(F)(F)F)CC1. The summed E-state index contributed by atoms with van der Waals surface area (Å²) >= 11 is 0. The van der Waals surface area contributed by atoms with Crippen molar-refractivity contribution in [3.05, 3.63) is 59.5 Å². The molecule has 0 radical (unpaired) electrons. The fraction of sp³-hybridized carbons (Fsp3) is 0.500. The maximum Gasteiger partial charge on any atom is 0.406 e. The minimum Gasteiger partial charge on any atom is -0.373 e. The third kappa shape index (κ3) is 8.98. The number of nitrogens with one attached hydrogen (secondary N) is 2. The van der Waals surface area contributed by atoms with Crippen LogP contribution in [0.1, 0.15) is 64.4 Å². The molecule has 0 aliphatic carbocycles. The summed E-state index contributed by atoms with van der Waals surface area (Å²) in [6.07, 6.45) is -0.536. The van der Waals surface area contributed by atoms with E-state index in [4.69, 9.17) is 0 Å². The Morgan fingerprint density at radius 1 is 1.07 bits per heavy atom. The van der Waals surface area contributed by atoms with Crippen LogP contribution in [0, 0.1) is 23.2 Å². The first-order valence-corrected chi connectivity index (χ1v) is 14.3. The summed E-state index contributed by atoms with van der Waals surface area (Å²) in [5.74, 6) is 5.86. The number of fused-ring (bicyclic) bond motifs is 1. The van der Waals surface area contributed by atoms with Crippen LogP contribution in [0.15, 0.2) is 42.6 Å². The normalized spacial score (nSPS) is 14.5. The summed E-state index contributed by atoms with van der Waals surface area (Å²) in [6, 6.07) is 13.6. The number of hydrogen-bond donors (Lipinski definition) is 2. The van der Waals surface area contributed by atoms with Crippen LogP contribution in [-0.2, 0) is 18.5 Å². The second-order valence-electron chi connectivity index (χ2n) is 10.5. The highest BCUT2D eigenvalue weighted by molar-refractivity contribution is 5.83. The standard InChI is InChI=1S/C30H35F3N6.C2H6/c1-4-38-14-11-24(12-15-38)36-18-22-7-9-27-23(16-22)17-26(39(27)21-30(31,32)33)6-5-13-35-25-8-10-28(37-19-25)29(2,3)20-34;1-2/h7-10,16-17,19,24,35-36H,4,11-15,18,21H2,1-3H3;1-2H3. The number of hydrogen-bond acceptors (Lipinski definition) is 5. The maximum atomic E-state index is 13.4. The van der Waals surface area contributed by atoms with Gasteiger partial charge in [-0.2, -0.15) is 18.4 Å². The van der Waals surface area contributed by atoms with Gasteiger partial charge in [0.15, 0.2) is 0 Å². The predicted octanol–water partition coefficient (Wildman–Crippen LogP) is 6.46. The molecule has 41 heavy (non-hydrogen) atoms. The highest BCUT2D eigenvalue weighted by Gasteiger charge is 2.29. The molecule has 0 spiro atoms. The quantitative estimate of drug-likeness (QED) is 0.306. The Hall–Kier alpha value is -3.53. The molecule has 0 bridgehead atoms. The van der Waals surface area contributed by atoms with Crippen LogP contribution in [-0.4, -0.2) is 52.8 Å². The summed E-state index contributed by atoms with van der Waals surface area (Å²) in [5.41, 5.74) is 2.58. The zero-order chi connectivity index (χ0) is 30.0. The third-order valence-corrected chi connectivity index (χ3v) is 7.21. The number of rotatable bonds is 8. The van der Waals surface area contributed by atoms with Crippen molar-refractivity contribution in [1.29, 1.82) is 5.26 Å². The van der Waals surface area contributed by atoms with Crippen LogP contribution in [0.3, 0.4) is 0 Å². The Labute approximate surface area is 241 Å². The van der Waals surface area contributed by atoms with E-state index in [0.717, 1.165) is 49.1 Å². The Kier molecular flexibility index (Phi) is 11.2. The summed E-state index contributed by atoms with van der Waals surface area (Å²) in [4.78, 5) is 6.77. The molecule has 0 saturated carbocycles. The maximum absolute atomic E-state index is 13.4. The molecule has 4 rings (SSSR count). The van der Waals surface area contributed by atoms with E-state index in [1.807, 2.05) is 32.0 Å². The molecule has 1 fully saturated rings. The molecule has 0 atom stereocenters. The Morgan fingerprint density at radius 2 is 1.80 bits per heavy atom. The average Bonchev–Trinajstić information content (AvgIpc) is 3.30. The molecule has 220 valence electrons. The molecule has 1 saturated heterocycles. The van der Waals surface area contributed by atoms with Crippen molar-refractivity contribution in [3.8, 4) is 17.9 Å². The summed E-state index contributed by atoms with van der Waals surface area (Å²) in [6.45, 7) is 12.8. The number of nitriles is 1. The number of nitrogens with zero attached hydrogens (tertiary/aromatic N) is 4. The lowest BCUT2D eigenvalue weighted by Gasteiger charge is -2.31. The number of aromatic nitrogens is 2. The first-order valence-electron chi connectivity index (χ1n) is 14.3. The molecule has 2 N–H and O–H groups in total. The van der Waals surface area contributed by atoms with E-state index >= 15 is 0 Å². The van der Waals surface area contributed by atoms with Gasteiger partial charge in [-0.25, -0.2) is 0 Å². The van der Waals surface area contributed by atoms with Crippen LogP contribution in [0.2, 0.25) is 0 Å². The number of benzene rings is 1. The lowest BCUT2D eigenvalue weighted by atomic mass is 9.91. The van der Waals surface area contributed by atoms with Gasteiger partial charge in [-0.3, -0.25) is 4.98 Å². The van der Waals surface area contributed by atoms with Gasteiger partial charge in [0.1, 0.15) is 6.54 Å². The molecular formula is C32H41F3N6. The fourth-order valence-electron chi connectivity index (χ4n) is 4.81. The Morgan fingerprint density at radius 3 is 2.41 bits per heavy atom. The van der Waals surface area contributed by atoms with Crippen LogP contribution < -0.4 is 10.6 Å². The molecule has 2 aromatic heterocycles. The Bertz CT molecular complexity index is 1370. The van der Waals surface area contributed by atoms with Crippen molar-refractivity contribution in [2.45, 2.75) is 78.2 Å². The zero-order valence-electron chi connectivity index (χ0n) is 24.7. The van der Waals surface area contributed by atoms with Crippen molar-refractivity contribution < 1.29 is 13.2 Å². The van der Waals surface area contributed by atoms with E-state index in [9.17, 15) is 18.4 Å². The van der Waals surface area contributed by atoms with Gasteiger partial charge < -0.3 is 20.1 Å². The second kappa shape index (κ2) is 14.4. The molecule has 0 amide bonds. The van der Waals surface area contributed by atoms with Gasteiger partial charge in [0.25, 0.3) is 0 Å². The van der Waals surface area contributed by atoms with E-state index in [0.29, 0.717) is 29.5 Å². The van der Waals surface area contributed by atoms with Gasteiger partial charge in [0, 0.05) is 23.5 Å². The first-order chi connectivity index (χ1) is 19.6. The van der Waals surface area contributed by atoms with Crippen molar-refractivity contribution in [2.75, 3.05) is 31.5 Å². The summed E-state index contributed by atoms with van der Waals surface area (Å²) < 4.78 is 41.5. The van der Waals surface area contributed by atoms with Gasteiger partial charge in [0.05, 0.1) is 41.3 Å². The topological polar surface area (TPSA) is 68.9 Å². The molecule has 9 heteroatoms. The largest absolute Gasteiger partial charge is 0.406 e. The molecule has 3 aromatic rings. The van der Waals surface area contributed by atoms with E-state index in [-0.39, 0.29) is 6.54 Å². The molecule has 0 unspecified atom stereocenters. The van der Waals surface area contributed by atoms with E-state index in [1.54, 1.807) is 38.2 Å². The number of pyridine rings is 1. The van der Waals surface area contributed by atoms with Gasteiger partial charge in [-0.15, -0.1) is 0 Å². The number of likely N-dealkylation sites (tertiary alicyclic amines) is 1. The molecular weight excluding hydrogens is 525 g/mol. The molecule has 6 nitrogen and oxygen atoms in total. The molecule has 1 aliphatic rings. The van der Waals surface area contributed by atoms with Crippen molar-refractivity contribution in [1.82, 2.24) is 19.8 Å². The summed E-state index contributed by atoms with van der Waals surface area (Å²) in [7, 11) is 0. The molecule has 3 heterocycles. The minimum absolute atomic E-state index is 0.238. The van der Waals surface area contributed by atoms with Crippen molar-refractivity contribution in [3.63, 3.8) is 0 Å². The number of alkyl halides is 3. The van der Waals surface area contributed by atoms with Gasteiger partial charge in [0.2, 0.25) is 0 Å². The lowest BCUT2D eigenvalue weighted by Crippen LogP contribution is -2.42. The van der Waals surface area contributed by atoms with Crippen molar-refractivity contribution >= 4 is 16.6 Å². The number of anilines is 1. The molecule has 1 aliphatic heterocycles. The molecule has 1 aromatic carbocycles. The second-order valence-corrected chi connectivity index (χ2v) is 10.5. The predicted molar refractivity (Wildman–Crippen MR) is 160 cm³/mol. The Balaban J connectivity index is 0.00000226. The number of halogens is 3. The zero-order valence-corrected chi connectivity index (χ0v) is 24.7. The van der Waals surface area contributed by atoms with Crippen LogP contribution in [0.25, 0.3) is 10.9 Å². The first kappa shape index (κ1) is 32.0. The fourth-order valence-corrected chi connectivity index (χ4v) is 4.81. The smallest absolute Gasteiger partial charge is 0.373 e. The van der Waals surface area contributed by atoms with Crippen LogP contribution in [0.4, 0.5) is 18.9 Å². The van der Waals surface area contributed by atoms with Gasteiger partial charge >= 0.3 is 6.18 Å². The van der Waals surface area contributed by atoms with Gasteiger partial charge in [-0.1, -0.05) is 32.8 Å². The summed E-state index contributed by atoms with van der Waals surface area (Å²) in [5, 5.41) is 16.7. The van der Waals surface area contributed by atoms with E-state index < -0.39 is 18.1 Å². The van der Waals surface area contributed by atoms with Gasteiger partial charge in [-0.05, 0) is 88.1 Å². The minimum atomic E-state index is -4.36. The third-order valence-electron chi connectivity index (χ3n) is 7.21. The van der Waals surface area contributed by atoms with E-state index in [1.165, 1.54) is 4.57 Å². The number of piperidine rings is 1. The van der Waals surface area contributed by atoms with Crippen LogP contribution in [0.5, 0.6) is 0 Å². The average molecular weight is 567 g/mol. The van der Waals surface area contributed by atoms with Crippen LogP contribution >= 0.6 is 0 Å². The highest BCUT2D eigenvalue weighted by Crippen LogP contribution is 2.27. The monoisotopic (exact) mass is 566 g/mol. The lowest BCUT2D eigenvalue weighted by molar-refractivity contribution is -0.140. The van der Waals surface area contributed by atoms with Crippen molar-refractivity contribution in [2.24, 2.45) is 0 Å². The highest BCUT2D eigenvalue weighted by atomic mass is 19.4. The van der Waals surface area contributed by atoms with E-state index in [2.05, 4.69) is 45.4 Å².